The Bertz CT molecular complexity index is 1470. The van der Waals surface area contributed by atoms with Crippen LogP contribution in [0.1, 0.15) is 52.8 Å². The van der Waals surface area contributed by atoms with Crippen LogP contribution in [0.2, 0.25) is 0 Å². The normalized spacial score (nSPS) is 15.7. The van der Waals surface area contributed by atoms with E-state index in [2.05, 4.69) is 25.0 Å². The van der Waals surface area contributed by atoms with Crippen molar-refractivity contribution in [3.63, 3.8) is 0 Å². The quantitative estimate of drug-likeness (QED) is 0.395. The number of halogens is 3. The molecule has 37 heavy (non-hydrogen) atoms. The number of anilines is 1. The first-order valence-electron chi connectivity index (χ1n) is 12.1. The van der Waals surface area contributed by atoms with Gasteiger partial charge in [-0.25, -0.2) is 19.3 Å². The van der Waals surface area contributed by atoms with E-state index in [1.54, 1.807) is 26.3 Å². The first kappa shape index (κ1) is 23.4. The second kappa shape index (κ2) is 8.56. The summed E-state index contributed by atoms with van der Waals surface area (Å²) in [6.07, 6.45) is 1.53. The number of aromatic nitrogens is 7. The third-order valence-electron chi connectivity index (χ3n) is 6.93. The highest BCUT2D eigenvalue weighted by Crippen LogP contribution is 2.44. The second-order valence-corrected chi connectivity index (χ2v) is 9.44. The van der Waals surface area contributed by atoms with Gasteiger partial charge >= 0.3 is 6.18 Å². The number of fused-ring (bicyclic) bond motifs is 1. The summed E-state index contributed by atoms with van der Waals surface area (Å²) >= 11 is 0. The Labute approximate surface area is 210 Å². The molecule has 1 saturated carbocycles. The fourth-order valence-corrected chi connectivity index (χ4v) is 4.93. The molecule has 0 aromatic carbocycles. The highest BCUT2D eigenvalue weighted by atomic mass is 19.4. The number of alkyl halides is 3. The summed E-state index contributed by atoms with van der Waals surface area (Å²) in [5.74, 6) is 1.60. The zero-order valence-corrected chi connectivity index (χ0v) is 20.6. The van der Waals surface area contributed by atoms with Crippen LogP contribution in [-0.4, -0.2) is 48.2 Å². The topological polar surface area (TPSA) is 86.8 Å². The summed E-state index contributed by atoms with van der Waals surface area (Å²) in [5, 5.41) is 8.58. The number of nitrogens with zero attached hydrogens (tertiary/aromatic N) is 8. The van der Waals surface area contributed by atoms with Crippen LogP contribution >= 0.6 is 0 Å². The molecule has 9 nitrogen and oxygen atoms in total. The predicted molar refractivity (Wildman–Crippen MR) is 128 cm³/mol. The van der Waals surface area contributed by atoms with Gasteiger partial charge in [-0.3, -0.25) is 0 Å². The lowest BCUT2D eigenvalue weighted by molar-refractivity contribution is -0.141. The van der Waals surface area contributed by atoms with Gasteiger partial charge < -0.3 is 9.64 Å². The minimum absolute atomic E-state index is 0.379. The summed E-state index contributed by atoms with van der Waals surface area (Å²) in [5.41, 5.74) is 4.84. The number of aryl methyl sites for hydroxylation is 2. The molecule has 1 aliphatic heterocycles. The summed E-state index contributed by atoms with van der Waals surface area (Å²) in [6.45, 7) is 4.89. The summed E-state index contributed by atoms with van der Waals surface area (Å²) < 4.78 is 48.0. The van der Waals surface area contributed by atoms with E-state index in [1.165, 1.54) is 16.6 Å². The standard InChI is InChI=1S/C25H25F3N8O/c1-14-10-20(25(26,27)28)33-35(14)17-6-7-21(29-11-17)34-9-8-18-15(2)32-36(19(18)12-34)23-22(16-4-5-16)30-13-31-24(23)37-3/h6-7,10-11,13,16H,4-5,8-9,12H2,1-3H3. The van der Waals surface area contributed by atoms with E-state index >= 15 is 0 Å². The molecule has 12 heteroatoms. The van der Waals surface area contributed by atoms with Crippen molar-refractivity contribution in [2.24, 2.45) is 0 Å². The van der Waals surface area contributed by atoms with Crippen molar-refractivity contribution in [1.29, 1.82) is 0 Å². The van der Waals surface area contributed by atoms with Crippen LogP contribution in [0.4, 0.5) is 19.0 Å². The van der Waals surface area contributed by atoms with Crippen molar-refractivity contribution >= 4 is 5.82 Å². The Morgan fingerprint density at radius 1 is 1.03 bits per heavy atom. The first-order valence-corrected chi connectivity index (χ1v) is 12.1. The first-order chi connectivity index (χ1) is 17.7. The van der Waals surface area contributed by atoms with E-state index in [1.807, 2.05) is 17.7 Å². The molecule has 0 spiro atoms. The highest BCUT2D eigenvalue weighted by molar-refractivity contribution is 5.53. The van der Waals surface area contributed by atoms with E-state index in [4.69, 9.17) is 9.84 Å². The van der Waals surface area contributed by atoms with Gasteiger partial charge in [0.2, 0.25) is 5.88 Å². The Hall–Kier alpha value is -3.96. The highest BCUT2D eigenvalue weighted by Gasteiger charge is 2.35. The van der Waals surface area contributed by atoms with Crippen LogP contribution < -0.4 is 9.64 Å². The molecule has 0 saturated heterocycles. The van der Waals surface area contributed by atoms with Crippen molar-refractivity contribution < 1.29 is 17.9 Å². The number of hydrogen-bond donors (Lipinski definition) is 0. The van der Waals surface area contributed by atoms with Crippen molar-refractivity contribution in [3.05, 3.63) is 64.8 Å². The summed E-state index contributed by atoms with van der Waals surface area (Å²) in [4.78, 5) is 15.6. The molecule has 0 N–H and O–H groups in total. The molecule has 0 amide bonds. The predicted octanol–water partition coefficient (Wildman–Crippen LogP) is 4.33. The van der Waals surface area contributed by atoms with Gasteiger partial charge in [0.15, 0.2) is 5.69 Å². The second-order valence-electron chi connectivity index (χ2n) is 9.44. The third-order valence-corrected chi connectivity index (χ3v) is 6.93. The van der Waals surface area contributed by atoms with E-state index < -0.39 is 11.9 Å². The molecule has 2 aliphatic rings. The lowest BCUT2D eigenvalue weighted by Gasteiger charge is -2.29. The van der Waals surface area contributed by atoms with Gasteiger partial charge in [0.05, 0.1) is 42.6 Å². The monoisotopic (exact) mass is 510 g/mol. The van der Waals surface area contributed by atoms with Crippen LogP contribution in [0.15, 0.2) is 30.7 Å². The van der Waals surface area contributed by atoms with Crippen LogP contribution in [0.25, 0.3) is 11.4 Å². The fraction of sp³-hybridized carbons (Fsp3) is 0.400. The lowest BCUT2D eigenvalue weighted by Crippen LogP contribution is -2.32. The number of hydrogen-bond acceptors (Lipinski definition) is 7. The molecule has 0 atom stereocenters. The molecular formula is C25H25F3N8O. The summed E-state index contributed by atoms with van der Waals surface area (Å²) in [6, 6.07) is 4.57. The molecule has 0 bridgehead atoms. The zero-order chi connectivity index (χ0) is 25.9. The molecule has 4 aromatic heterocycles. The van der Waals surface area contributed by atoms with Crippen molar-refractivity contribution in [3.8, 4) is 17.3 Å². The third kappa shape index (κ3) is 4.09. The van der Waals surface area contributed by atoms with Gasteiger partial charge in [0.1, 0.15) is 17.8 Å². The molecule has 1 aliphatic carbocycles. The van der Waals surface area contributed by atoms with E-state index in [9.17, 15) is 13.2 Å². The van der Waals surface area contributed by atoms with Gasteiger partial charge in [0, 0.05) is 23.7 Å². The van der Waals surface area contributed by atoms with Gasteiger partial charge in [-0.2, -0.15) is 28.4 Å². The van der Waals surface area contributed by atoms with E-state index in [0.717, 1.165) is 60.5 Å². The molecule has 5 heterocycles. The maximum atomic E-state index is 13.1. The molecule has 192 valence electrons. The van der Waals surface area contributed by atoms with Crippen molar-refractivity contribution in [2.45, 2.75) is 51.7 Å². The van der Waals surface area contributed by atoms with Crippen LogP contribution in [0.5, 0.6) is 5.88 Å². The lowest BCUT2D eigenvalue weighted by atomic mass is 10.0. The maximum Gasteiger partial charge on any atom is 0.435 e. The molecule has 0 unspecified atom stereocenters. The fourth-order valence-electron chi connectivity index (χ4n) is 4.93. The Kier molecular flexibility index (Phi) is 5.42. The van der Waals surface area contributed by atoms with Crippen LogP contribution in [-0.2, 0) is 19.1 Å². The molecule has 6 rings (SSSR count). The molecule has 4 aromatic rings. The summed E-state index contributed by atoms with van der Waals surface area (Å²) in [7, 11) is 1.60. The minimum atomic E-state index is -4.50. The molecular weight excluding hydrogens is 485 g/mol. The van der Waals surface area contributed by atoms with Crippen LogP contribution in [0.3, 0.4) is 0 Å². The van der Waals surface area contributed by atoms with Gasteiger partial charge in [0.25, 0.3) is 0 Å². The Balaban J connectivity index is 1.32. The average molecular weight is 511 g/mol. The Morgan fingerprint density at radius 3 is 2.49 bits per heavy atom. The largest absolute Gasteiger partial charge is 0.479 e. The zero-order valence-electron chi connectivity index (χ0n) is 20.6. The SMILES string of the molecule is COc1ncnc(C2CC2)c1-n1nc(C)c2c1CN(c1ccc(-n3nc(C(F)(F)F)cc3C)cn1)CC2. The number of rotatable bonds is 5. The van der Waals surface area contributed by atoms with Crippen molar-refractivity contribution in [1.82, 2.24) is 34.5 Å². The number of methoxy groups -OCH3 is 1. The van der Waals surface area contributed by atoms with Gasteiger partial charge in [-0.15, -0.1) is 0 Å². The Morgan fingerprint density at radius 2 is 1.84 bits per heavy atom. The van der Waals surface area contributed by atoms with E-state index in [0.29, 0.717) is 29.7 Å². The van der Waals surface area contributed by atoms with Gasteiger partial charge in [-0.1, -0.05) is 0 Å². The van der Waals surface area contributed by atoms with E-state index in [-0.39, 0.29) is 0 Å². The smallest absolute Gasteiger partial charge is 0.435 e. The van der Waals surface area contributed by atoms with Crippen LogP contribution in [0, 0.1) is 13.8 Å². The minimum Gasteiger partial charge on any atom is -0.479 e. The molecule has 0 radical (unpaired) electrons. The van der Waals surface area contributed by atoms with Crippen molar-refractivity contribution in [2.75, 3.05) is 18.6 Å². The maximum absolute atomic E-state index is 13.1. The number of pyridine rings is 1. The average Bonchev–Trinajstić information content (AvgIpc) is 3.58. The van der Waals surface area contributed by atoms with Gasteiger partial charge in [-0.05, 0) is 51.3 Å². The molecule has 1 fully saturated rings. The number of ether oxygens (including phenoxy) is 1.